The molecule has 3 aromatic heterocycles. The van der Waals surface area contributed by atoms with Crippen LogP contribution in [0.1, 0.15) is 17.4 Å². The molecule has 1 atom stereocenters. The Hall–Kier alpha value is -3.73. The minimum atomic E-state index is -1.10. The lowest BCUT2D eigenvalue weighted by molar-refractivity contribution is -0.143. The van der Waals surface area contributed by atoms with Crippen molar-refractivity contribution in [1.29, 1.82) is 0 Å². The van der Waals surface area contributed by atoms with E-state index in [1.807, 2.05) is 0 Å². The monoisotopic (exact) mass is 386 g/mol. The molecule has 11 heteroatoms. The van der Waals surface area contributed by atoms with Crippen LogP contribution in [0.3, 0.4) is 0 Å². The summed E-state index contributed by atoms with van der Waals surface area (Å²) in [7, 11) is 2.66. The molecule has 0 fully saturated rings. The first kappa shape index (κ1) is 19.0. The smallest absolute Gasteiger partial charge is 0.334 e. The van der Waals surface area contributed by atoms with Gasteiger partial charge in [0, 0.05) is 12.3 Å². The number of nitrogens with zero attached hydrogens (tertiary/aromatic N) is 3. The second-order valence-corrected chi connectivity index (χ2v) is 5.58. The van der Waals surface area contributed by atoms with Gasteiger partial charge in [-0.15, -0.1) is 5.10 Å². The number of H-pyrrole nitrogens is 1. The lowest BCUT2D eigenvalue weighted by atomic mass is 10.2. The van der Waals surface area contributed by atoms with Gasteiger partial charge in [-0.2, -0.15) is 0 Å². The standard InChI is InChI=1S/C17H18N6O5/c1-27-15-13-10(22-23-15)7-12(19-11(13)8-24)20-17(26)21-14(16(25)28-2)9-5-3-4-6-18-9/h3-7,14,24H,8H2,1-2H3,(H,22,23)(H2,19,20,21,26)/t14-/m1/s1. The van der Waals surface area contributed by atoms with Crippen molar-refractivity contribution < 1.29 is 24.2 Å². The Labute approximate surface area is 159 Å². The average molecular weight is 386 g/mol. The summed E-state index contributed by atoms with van der Waals surface area (Å²) in [5, 5.41) is 21.8. The zero-order valence-corrected chi connectivity index (χ0v) is 15.1. The third-order valence-corrected chi connectivity index (χ3v) is 3.87. The molecule has 3 aromatic rings. The number of methoxy groups -OCH3 is 2. The average Bonchev–Trinajstić information content (AvgIpc) is 3.14. The molecular formula is C17H18N6O5. The molecule has 4 N–H and O–H groups in total. The third-order valence-electron chi connectivity index (χ3n) is 3.87. The zero-order chi connectivity index (χ0) is 20.1. The molecule has 0 saturated carbocycles. The maximum atomic E-state index is 12.4. The molecule has 0 radical (unpaired) electrons. The van der Waals surface area contributed by atoms with E-state index >= 15 is 0 Å². The van der Waals surface area contributed by atoms with Crippen molar-refractivity contribution in [2.45, 2.75) is 12.6 Å². The van der Waals surface area contributed by atoms with Gasteiger partial charge in [-0.3, -0.25) is 15.4 Å². The number of aromatic amines is 1. The minimum Gasteiger partial charge on any atom is -0.479 e. The van der Waals surface area contributed by atoms with Crippen LogP contribution in [-0.4, -0.2) is 51.5 Å². The van der Waals surface area contributed by atoms with Crippen LogP contribution in [0.5, 0.6) is 5.88 Å². The molecule has 0 spiro atoms. The van der Waals surface area contributed by atoms with E-state index in [1.54, 1.807) is 18.2 Å². The summed E-state index contributed by atoms with van der Waals surface area (Å²) in [4.78, 5) is 32.7. The van der Waals surface area contributed by atoms with Gasteiger partial charge in [-0.05, 0) is 12.1 Å². The van der Waals surface area contributed by atoms with E-state index in [2.05, 4.69) is 30.8 Å². The van der Waals surface area contributed by atoms with Crippen LogP contribution in [-0.2, 0) is 16.1 Å². The molecular weight excluding hydrogens is 368 g/mol. The third kappa shape index (κ3) is 3.83. The summed E-state index contributed by atoms with van der Waals surface area (Å²) < 4.78 is 9.85. The summed E-state index contributed by atoms with van der Waals surface area (Å²) in [6, 6.07) is 4.69. The molecule has 11 nitrogen and oxygen atoms in total. The van der Waals surface area contributed by atoms with Crippen LogP contribution < -0.4 is 15.4 Å². The number of urea groups is 1. The lowest BCUT2D eigenvalue weighted by Gasteiger charge is -2.16. The van der Waals surface area contributed by atoms with Gasteiger partial charge in [0.2, 0.25) is 5.88 Å². The highest BCUT2D eigenvalue weighted by molar-refractivity contribution is 5.95. The number of pyridine rings is 2. The topological polar surface area (TPSA) is 151 Å². The van der Waals surface area contributed by atoms with E-state index < -0.39 is 18.0 Å². The Morgan fingerprint density at radius 2 is 2.14 bits per heavy atom. The number of esters is 1. The second kappa shape index (κ2) is 8.31. The molecule has 28 heavy (non-hydrogen) atoms. The highest BCUT2D eigenvalue weighted by Gasteiger charge is 2.25. The second-order valence-electron chi connectivity index (χ2n) is 5.58. The van der Waals surface area contributed by atoms with Crippen LogP contribution >= 0.6 is 0 Å². The Morgan fingerprint density at radius 3 is 2.79 bits per heavy atom. The highest BCUT2D eigenvalue weighted by atomic mass is 16.5. The van der Waals surface area contributed by atoms with Gasteiger partial charge < -0.3 is 19.9 Å². The minimum absolute atomic E-state index is 0.144. The quantitative estimate of drug-likeness (QED) is 0.456. The Balaban J connectivity index is 1.82. The molecule has 0 aliphatic rings. The Bertz CT molecular complexity index is 990. The number of anilines is 1. The van der Waals surface area contributed by atoms with Crippen LogP contribution in [0.25, 0.3) is 10.9 Å². The Kier molecular flexibility index (Phi) is 5.65. The number of aliphatic hydroxyl groups is 1. The molecule has 3 rings (SSSR count). The fourth-order valence-corrected chi connectivity index (χ4v) is 2.62. The molecule has 0 aliphatic carbocycles. The molecule has 0 saturated heterocycles. The van der Waals surface area contributed by atoms with E-state index in [1.165, 1.54) is 26.5 Å². The Morgan fingerprint density at radius 1 is 1.32 bits per heavy atom. The fraction of sp³-hybridized carbons (Fsp3) is 0.235. The van der Waals surface area contributed by atoms with Crippen molar-refractivity contribution in [2.75, 3.05) is 19.5 Å². The first-order valence-electron chi connectivity index (χ1n) is 8.16. The number of hydrogen-bond donors (Lipinski definition) is 4. The number of amides is 2. The molecule has 0 unspecified atom stereocenters. The van der Waals surface area contributed by atoms with Gasteiger partial charge in [0.05, 0.1) is 43.1 Å². The van der Waals surface area contributed by atoms with Crippen molar-refractivity contribution in [1.82, 2.24) is 25.5 Å². The summed E-state index contributed by atoms with van der Waals surface area (Å²) in [5.74, 6) is -0.250. The number of rotatable bonds is 6. The summed E-state index contributed by atoms with van der Waals surface area (Å²) >= 11 is 0. The highest BCUT2D eigenvalue weighted by Crippen LogP contribution is 2.27. The maximum Gasteiger partial charge on any atom is 0.334 e. The first-order valence-corrected chi connectivity index (χ1v) is 8.16. The summed E-state index contributed by atoms with van der Waals surface area (Å²) in [5.41, 5.74) is 1.11. The van der Waals surface area contributed by atoms with E-state index in [4.69, 9.17) is 9.47 Å². The number of aromatic nitrogens is 4. The molecule has 2 amide bonds. The number of ether oxygens (including phenoxy) is 2. The summed E-state index contributed by atoms with van der Waals surface area (Å²) in [6.45, 7) is -0.387. The van der Waals surface area contributed by atoms with Crippen LogP contribution in [0, 0.1) is 0 Å². The van der Waals surface area contributed by atoms with Gasteiger partial charge in [0.15, 0.2) is 6.04 Å². The van der Waals surface area contributed by atoms with Gasteiger partial charge in [-0.25, -0.2) is 14.6 Å². The first-order chi connectivity index (χ1) is 13.6. The van der Waals surface area contributed by atoms with E-state index in [9.17, 15) is 14.7 Å². The number of hydrogen-bond acceptors (Lipinski definition) is 8. The SMILES string of the molecule is COC(=O)[C@H](NC(=O)Nc1cc2[nH]nc(OC)c2c(CO)n1)c1ccccn1. The van der Waals surface area contributed by atoms with E-state index in [0.29, 0.717) is 16.6 Å². The summed E-state index contributed by atoms with van der Waals surface area (Å²) in [6.07, 6.45) is 1.50. The van der Waals surface area contributed by atoms with Gasteiger partial charge in [0.1, 0.15) is 5.82 Å². The molecule has 3 heterocycles. The predicted molar refractivity (Wildman–Crippen MR) is 97.5 cm³/mol. The van der Waals surface area contributed by atoms with Crippen LogP contribution in [0.2, 0.25) is 0 Å². The van der Waals surface area contributed by atoms with Crippen molar-refractivity contribution in [3.05, 3.63) is 41.9 Å². The number of carbonyl (C=O) groups excluding carboxylic acids is 2. The predicted octanol–water partition coefficient (Wildman–Crippen LogP) is 0.890. The van der Waals surface area contributed by atoms with Crippen molar-refractivity contribution in [2.24, 2.45) is 0 Å². The van der Waals surface area contributed by atoms with Crippen molar-refractivity contribution >= 4 is 28.7 Å². The van der Waals surface area contributed by atoms with E-state index in [-0.39, 0.29) is 24.0 Å². The fourth-order valence-electron chi connectivity index (χ4n) is 2.62. The number of fused-ring (bicyclic) bond motifs is 1. The van der Waals surface area contributed by atoms with Crippen molar-refractivity contribution in [3.63, 3.8) is 0 Å². The molecule has 146 valence electrons. The number of aliphatic hydroxyl groups excluding tert-OH is 1. The normalized spacial score (nSPS) is 11.7. The number of nitrogens with one attached hydrogen (secondary N) is 3. The van der Waals surface area contributed by atoms with Gasteiger partial charge >= 0.3 is 12.0 Å². The largest absolute Gasteiger partial charge is 0.479 e. The molecule has 0 aromatic carbocycles. The molecule has 0 bridgehead atoms. The van der Waals surface area contributed by atoms with Gasteiger partial charge in [-0.1, -0.05) is 6.07 Å². The van der Waals surface area contributed by atoms with E-state index in [0.717, 1.165) is 0 Å². The van der Waals surface area contributed by atoms with Crippen molar-refractivity contribution in [3.8, 4) is 5.88 Å². The maximum absolute atomic E-state index is 12.4. The lowest BCUT2D eigenvalue weighted by Crippen LogP contribution is -2.38. The molecule has 0 aliphatic heterocycles. The number of carbonyl (C=O) groups is 2. The van der Waals surface area contributed by atoms with Gasteiger partial charge in [0.25, 0.3) is 0 Å². The van der Waals surface area contributed by atoms with Crippen LogP contribution in [0.4, 0.5) is 10.6 Å². The van der Waals surface area contributed by atoms with Crippen LogP contribution in [0.15, 0.2) is 30.5 Å². The zero-order valence-electron chi connectivity index (χ0n) is 15.1.